The van der Waals surface area contributed by atoms with Crippen molar-refractivity contribution in [1.82, 2.24) is 10.2 Å². The van der Waals surface area contributed by atoms with Crippen LogP contribution in [0, 0.1) is 17.2 Å². The summed E-state index contributed by atoms with van der Waals surface area (Å²) >= 11 is 0. The van der Waals surface area contributed by atoms with E-state index in [-0.39, 0.29) is 0 Å². The summed E-state index contributed by atoms with van der Waals surface area (Å²) in [5.74, 6) is 0.632. The molecule has 1 aliphatic heterocycles. The lowest BCUT2D eigenvalue weighted by molar-refractivity contribution is 0.118. The van der Waals surface area contributed by atoms with Crippen molar-refractivity contribution in [3.05, 3.63) is 35.4 Å². The Morgan fingerprint density at radius 3 is 2.57 bits per heavy atom. The fraction of sp³-hybridized carbons (Fsp3) is 0.611. The molecule has 1 aromatic carbocycles. The molecule has 1 fully saturated rings. The van der Waals surface area contributed by atoms with Crippen LogP contribution < -0.4 is 5.32 Å². The maximum atomic E-state index is 8.99. The number of hydrogen-bond donors (Lipinski definition) is 1. The smallest absolute Gasteiger partial charge is 0.0991 e. The Morgan fingerprint density at radius 2 is 2.00 bits per heavy atom. The first-order chi connectivity index (χ1) is 10.2. The van der Waals surface area contributed by atoms with E-state index in [1.807, 2.05) is 19.2 Å². The lowest BCUT2D eigenvalue weighted by atomic mass is 9.88. The molecule has 0 radical (unpaired) electrons. The van der Waals surface area contributed by atoms with Crippen molar-refractivity contribution >= 4 is 0 Å². The van der Waals surface area contributed by atoms with E-state index in [2.05, 4.69) is 42.3 Å². The molecular formula is C18H27N3. The van der Waals surface area contributed by atoms with Crippen LogP contribution in [0.3, 0.4) is 0 Å². The molecule has 1 saturated heterocycles. The Morgan fingerprint density at radius 1 is 1.29 bits per heavy atom. The molecule has 2 rings (SSSR count). The van der Waals surface area contributed by atoms with E-state index >= 15 is 0 Å². The van der Waals surface area contributed by atoms with E-state index in [1.54, 1.807) is 0 Å². The van der Waals surface area contributed by atoms with Crippen molar-refractivity contribution in [2.45, 2.75) is 45.2 Å². The molecule has 1 aliphatic rings. The summed E-state index contributed by atoms with van der Waals surface area (Å²) in [5.41, 5.74) is 2.10. The van der Waals surface area contributed by atoms with E-state index in [0.29, 0.717) is 18.0 Å². The van der Waals surface area contributed by atoms with Crippen molar-refractivity contribution < 1.29 is 0 Å². The average molecular weight is 285 g/mol. The van der Waals surface area contributed by atoms with Crippen LogP contribution in [0.4, 0.5) is 0 Å². The van der Waals surface area contributed by atoms with Gasteiger partial charge in [-0.3, -0.25) is 4.90 Å². The Bertz CT molecular complexity index is 472. The molecule has 114 valence electrons. The maximum absolute atomic E-state index is 8.99. The van der Waals surface area contributed by atoms with E-state index in [1.165, 1.54) is 31.4 Å². The van der Waals surface area contributed by atoms with Crippen molar-refractivity contribution in [3.8, 4) is 6.07 Å². The van der Waals surface area contributed by atoms with Gasteiger partial charge >= 0.3 is 0 Å². The Labute approximate surface area is 129 Å². The minimum atomic E-state index is 0.452. The van der Waals surface area contributed by atoms with Crippen LogP contribution in [-0.2, 0) is 0 Å². The summed E-state index contributed by atoms with van der Waals surface area (Å²) in [6.45, 7) is 6.80. The highest BCUT2D eigenvalue weighted by atomic mass is 15.2. The van der Waals surface area contributed by atoms with Crippen LogP contribution in [0.2, 0.25) is 0 Å². The van der Waals surface area contributed by atoms with Gasteiger partial charge in [0.1, 0.15) is 0 Å². The van der Waals surface area contributed by atoms with E-state index in [0.717, 1.165) is 12.1 Å². The SMILES string of the molecule is CNCC1CCCCN(C(C)C)C1c1ccc(C#N)cc1. The Kier molecular flexibility index (Phi) is 5.78. The molecule has 0 saturated carbocycles. The predicted molar refractivity (Wildman–Crippen MR) is 87.0 cm³/mol. The van der Waals surface area contributed by atoms with Gasteiger partial charge in [-0.2, -0.15) is 5.26 Å². The molecule has 1 heterocycles. The number of rotatable bonds is 4. The van der Waals surface area contributed by atoms with Gasteiger partial charge in [0, 0.05) is 12.1 Å². The lowest BCUT2D eigenvalue weighted by Crippen LogP contribution is -2.40. The normalized spacial score (nSPS) is 23.8. The number of nitrogens with zero attached hydrogens (tertiary/aromatic N) is 2. The molecule has 1 aromatic rings. The van der Waals surface area contributed by atoms with Gasteiger partial charge in [0.25, 0.3) is 0 Å². The van der Waals surface area contributed by atoms with Gasteiger partial charge in [-0.15, -0.1) is 0 Å². The molecular weight excluding hydrogens is 258 g/mol. The Balaban J connectivity index is 2.34. The third-order valence-electron chi connectivity index (χ3n) is 4.56. The predicted octanol–water partition coefficient (Wildman–Crippen LogP) is 3.33. The number of nitriles is 1. The van der Waals surface area contributed by atoms with E-state index in [9.17, 15) is 0 Å². The fourth-order valence-corrected chi connectivity index (χ4v) is 3.54. The second-order valence-corrected chi connectivity index (χ2v) is 6.32. The number of benzene rings is 1. The van der Waals surface area contributed by atoms with Crippen LogP contribution in [0.15, 0.2) is 24.3 Å². The summed E-state index contributed by atoms with van der Waals surface area (Å²) in [6.07, 6.45) is 3.86. The summed E-state index contributed by atoms with van der Waals surface area (Å²) < 4.78 is 0. The Hall–Kier alpha value is -1.37. The number of nitrogens with one attached hydrogen (secondary N) is 1. The van der Waals surface area contributed by atoms with Crippen molar-refractivity contribution in [2.75, 3.05) is 20.1 Å². The standard InChI is InChI=1S/C18H27N3/c1-14(2)21-11-5-4-6-17(13-20-3)18(21)16-9-7-15(12-19)8-10-16/h7-10,14,17-18,20H,4-6,11,13H2,1-3H3. The van der Waals surface area contributed by atoms with E-state index < -0.39 is 0 Å². The number of hydrogen-bond acceptors (Lipinski definition) is 3. The monoisotopic (exact) mass is 285 g/mol. The van der Waals surface area contributed by atoms with Gasteiger partial charge in [0.15, 0.2) is 0 Å². The highest BCUT2D eigenvalue weighted by Gasteiger charge is 2.31. The second-order valence-electron chi connectivity index (χ2n) is 6.32. The zero-order valence-electron chi connectivity index (χ0n) is 13.5. The first-order valence-electron chi connectivity index (χ1n) is 8.07. The molecule has 2 unspecified atom stereocenters. The average Bonchev–Trinajstić information content (AvgIpc) is 2.70. The zero-order chi connectivity index (χ0) is 15.2. The lowest BCUT2D eigenvalue weighted by Gasteiger charge is -2.38. The highest BCUT2D eigenvalue weighted by Crippen LogP contribution is 2.36. The molecule has 3 nitrogen and oxygen atoms in total. The minimum Gasteiger partial charge on any atom is -0.319 e. The molecule has 1 N–H and O–H groups in total. The quantitative estimate of drug-likeness (QED) is 0.922. The van der Waals surface area contributed by atoms with E-state index in [4.69, 9.17) is 5.26 Å². The molecule has 0 bridgehead atoms. The van der Waals surface area contributed by atoms with Crippen molar-refractivity contribution in [2.24, 2.45) is 5.92 Å². The summed E-state index contributed by atoms with van der Waals surface area (Å²) in [4.78, 5) is 2.64. The topological polar surface area (TPSA) is 39.1 Å². The first kappa shape index (κ1) is 16.0. The van der Waals surface area contributed by atoms with Gasteiger partial charge in [-0.05, 0) is 70.4 Å². The molecule has 2 atom stereocenters. The highest BCUT2D eigenvalue weighted by molar-refractivity contribution is 5.33. The third kappa shape index (κ3) is 3.84. The maximum Gasteiger partial charge on any atom is 0.0991 e. The van der Waals surface area contributed by atoms with Crippen LogP contribution in [0.1, 0.15) is 50.3 Å². The van der Waals surface area contributed by atoms with Gasteiger partial charge < -0.3 is 5.32 Å². The van der Waals surface area contributed by atoms with Gasteiger partial charge in [0.2, 0.25) is 0 Å². The van der Waals surface area contributed by atoms with Crippen LogP contribution in [0.25, 0.3) is 0 Å². The molecule has 0 amide bonds. The fourth-order valence-electron chi connectivity index (χ4n) is 3.54. The van der Waals surface area contributed by atoms with Gasteiger partial charge in [0.05, 0.1) is 11.6 Å². The molecule has 0 aromatic heterocycles. The molecule has 3 heteroatoms. The third-order valence-corrected chi connectivity index (χ3v) is 4.56. The summed E-state index contributed by atoms with van der Waals surface area (Å²) in [5, 5.41) is 12.4. The van der Waals surface area contributed by atoms with Gasteiger partial charge in [-0.25, -0.2) is 0 Å². The number of likely N-dealkylation sites (tertiary alicyclic amines) is 1. The van der Waals surface area contributed by atoms with Crippen molar-refractivity contribution in [1.29, 1.82) is 5.26 Å². The second kappa shape index (κ2) is 7.59. The van der Waals surface area contributed by atoms with Crippen molar-refractivity contribution in [3.63, 3.8) is 0 Å². The zero-order valence-corrected chi connectivity index (χ0v) is 13.5. The van der Waals surface area contributed by atoms with Crippen LogP contribution in [0.5, 0.6) is 0 Å². The molecule has 0 aliphatic carbocycles. The largest absolute Gasteiger partial charge is 0.319 e. The molecule has 0 spiro atoms. The van der Waals surface area contributed by atoms with Crippen LogP contribution in [-0.4, -0.2) is 31.1 Å². The minimum absolute atomic E-state index is 0.452. The van der Waals surface area contributed by atoms with Gasteiger partial charge in [-0.1, -0.05) is 18.6 Å². The van der Waals surface area contributed by atoms with Crippen LogP contribution >= 0.6 is 0 Å². The summed E-state index contributed by atoms with van der Waals surface area (Å²) in [6, 6.07) is 11.4. The first-order valence-corrected chi connectivity index (χ1v) is 8.07. The summed E-state index contributed by atoms with van der Waals surface area (Å²) in [7, 11) is 2.04. The molecule has 21 heavy (non-hydrogen) atoms.